The molecule has 3 heterocycles. The lowest BCUT2D eigenvalue weighted by molar-refractivity contribution is -0.139. The van der Waals surface area contributed by atoms with Crippen molar-refractivity contribution in [3.05, 3.63) is 58.1 Å². The number of benzene rings is 2. The molecule has 2 fully saturated rings. The highest BCUT2D eigenvalue weighted by Crippen LogP contribution is 2.44. The molecule has 222 valence electrons. The van der Waals surface area contributed by atoms with Crippen molar-refractivity contribution in [3.63, 3.8) is 0 Å². The van der Waals surface area contributed by atoms with E-state index in [0.717, 1.165) is 67.9 Å². The van der Waals surface area contributed by atoms with Gasteiger partial charge in [-0.2, -0.15) is 0 Å². The van der Waals surface area contributed by atoms with Crippen molar-refractivity contribution in [1.29, 1.82) is 0 Å². The van der Waals surface area contributed by atoms with Gasteiger partial charge in [0.05, 0.1) is 36.9 Å². The number of nitrogens with zero attached hydrogens (tertiary/aromatic N) is 1. The number of halogens is 1. The topological polar surface area (TPSA) is 94.2 Å². The van der Waals surface area contributed by atoms with E-state index in [2.05, 4.69) is 16.5 Å². The zero-order valence-electron chi connectivity index (χ0n) is 23.5. The maximum Gasteiger partial charge on any atom is 0.264 e. The minimum Gasteiger partial charge on any atom is -0.487 e. The SMILES string of the molecule is C[C@@H]1CO[C@H]2C[C@@H]1OCCS(=O)(=O)NC(=O)c1ccc3c(c1)N(CCCCc1cc(Cl)ccc1CO3)C[C@@H]1CC[C@H]12. The van der Waals surface area contributed by atoms with Crippen LogP contribution in [0.2, 0.25) is 5.02 Å². The van der Waals surface area contributed by atoms with Crippen LogP contribution in [0.4, 0.5) is 5.69 Å². The number of ether oxygens (including phenoxy) is 3. The monoisotopic (exact) mass is 602 g/mol. The van der Waals surface area contributed by atoms with Gasteiger partial charge < -0.3 is 19.1 Å². The van der Waals surface area contributed by atoms with E-state index in [1.54, 1.807) is 18.2 Å². The molecule has 10 heteroatoms. The first-order valence-electron chi connectivity index (χ1n) is 14.8. The van der Waals surface area contributed by atoms with E-state index in [1.807, 2.05) is 18.2 Å². The van der Waals surface area contributed by atoms with Crippen LogP contribution in [0.1, 0.15) is 60.5 Å². The highest BCUT2D eigenvalue weighted by atomic mass is 35.5. The summed E-state index contributed by atoms with van der Waals surface area (Å²) in [6, 6.07) is 11.1. The third-order valence-electron chi connectivity index (χ3n) is 9.25. The fourth-order valence-electron chi connectivity index (χ4n) is 6.68. The summed E-state index contributed by atoms with van der Waals surface area (Å²) in [7, 11) is -3.87. The molecule has 41 heavy (non-hydrogen) atoms. The van der Waals surface area contributed by atoms with Gasteiger partial charge in [-0.3, -0.25) is 4.79 Å². The molecule has 0 spiro atoms. The van der Waals surface area contributed by atoms with Gasteiger partial charge in [0.2, 0.25) is 10.0 Å². The van der Waals surface area contributed by atoms with Crippen molar-refractivity contribution in [3.8, 4) is 5.75 Å². The molecule has 3 aliphatic heterocycles. The zero-order chi connectivity index (χ0) is 28.6. The van der Waals surface area contributed by atoms with Crippen molar-refractivity contribution in [2.24, 2.45) is 17.8 Å². The minimum absolute atomic E-state index is 0.0386. The average Bonchev–Trinajstić information content (AvgIpc) is 2.95. The fourth-order valence-corrected chi connectivity index (χ4v) is 7.69. The van der Waals surface area contributed by atoms with Gasteiger partial charge in [0.1, 0.15) is 12.4 Å². The van der Waals surface area contributed by atoms with E-state index >= 15 is 0 Å². The lowest BCUT2D eigenvalue weighted by atomic mass is 9.68. The van der Waals surface area contributed by atoms with Crippen LogP contribution < -0.4 is 14.4 Å². The molecule has 8 nitrogen and oxygen atoms in total. The van der Waals surface area contributed by atoms with Gasteiger partial charge in [-0.05, 0) is 85.4 Å². The summed E-state index contributed by atoms with van der Waals surface area (Å²) in [5, 5.41) is 0.721. The van der Waals surface area contributed by atoms with Crippen LogP contribution in [0.15, 0.2) is 36.4 Å². The van der Waals surface area contributed by atoms with E-state index in [4.69, 9.17) is 25.8 Å². The Morgan fingerprint density at radius 1 is 1.02 bits per heavy atom. The van der Waals surface area contributed by atoms with Gasteiger partial charge >= 0.3 is 0 Å². The van der Waals surface area contributed by atoms with Crippen LogP contribution in [-0.4, -0.2) is 58.6 Å². The van der Waals surface area contributed by atoms with E-state index in [1.165, 1.54) is 5.56 Å². The summed E-state index contributed by atoms with van der Waals surface area (Å²) in [5.41, 5.74) is 3.40. The molecule has 1 aliphatic carbocycles. The molecule has 4 bridgehead atoms. The summed E-state index contributed by atoms with van der Waals surface area (Å²) < 4.78 is 46.7. The van der Waals surface area contributed by atoms with Gasteiger partial charge in [0.15, 0.2) is 0 Å². The van der Waals surface area contributed by atoms with Crippen LogP contribution in [0, 0.1) is 17.8 Å². The summed E-state index contributed by atoms with van der Waals surface area (Å²) in [4.78, 5) is 15.5. The highest BCUT2D eigenvalue weighted by Gasteiger charge is 2.42. The predicted molar refractivity (Wildman–Crippen MR) is 158 cm³/mol. The lowest BCUT2D eigenvalue weighted by Gasteiger charge is -2.47. The lowest BCUT2D eigenvalue weighted by Crippen LogP contribution is -2.49. The standard InChI is InChI=1S/C31H39ClN2O6S/c1-20-18-39-30-16-29(20)38-12-13-41(36,37)33-31(35)22-7-10-28-27(15-22)34(17-23-6-9-26(23)30)11-3-2-4-21-14-25(32)8-5-24(21)19-40-28/h5,7-8,10,14-15,20,23,26,29-30H,2-4,6,9,11-13,16-19H2,1H3,(H,33,35)/t20-,23+,26-,29+,30+/m1/s1. The van der Waals surface area contributed by atoms with E-state index < -0.39 is 15.9 Å². The molecule has 1 N–H and O–H groups in total. The van der Waals surface area contributed by atoms with Crippen molar-refractivity contribution in [1.82, 2.24) is 4.72 Å². The second kappa shape index (κ2) is 12.1. The molecule has 1 saturated carbocycles. The first-order valence-corrected chi connectivity index (χ1v) is 16.9. The van der Waals surface area contributed by atoms with Crippen molar-refractivity contribution < 1.29 is 27.4 Å². The molecule has 4 aliphatic rings. The fraction of sp³-hybridized carbons (Fsp3) is 0.581. The number of aryl methyl sites for hydroxylation is 1. The third-order valence-corrected chi connectivity index (χ3v) is 10.7. The molecule has 2 aromatic carbocycles. The number of amides is 1. The second-order valence-corrected chi connectivity index (χ2v) is 14.3. The summed E-state index contributed by atoms with van der Waals surface area (Å²) in [5.74, 6) is 0.823. The number of rotatable bonds is 0. The van der Waals surface area contributed by atoms with Gasteiger partial charge in [0.25, 0.3) is 5.91 Å². The molecule has 0 aromatic heterocycles. The first kappa shape index (κ1) is 28.8. The van der Waals surface area contributed by atoms with E-state index in [0.29, 0.717) is 30.8 Å². The Labute approximate surface area is 247 Å². The van der Waals surface area contributed by atoms with Crippen molar-refractivity contribution in [2.45, 2.75) is 64.3 Å². The van der Waals surface area contributed by atoms with Crippen LogP contribution >= 0.6 is 11.6 Å². The van der Waals surface area contributed by atoms with Crippen molar-refractivity contribution >= 4 is 33.2 Å². The minimum atomic E-state index is -3.87. The first-order chi connectivity index (χ1) is 19.8. The Kier molecular flexibility index (Phi) is 8.50. The molecule has 0 radical (unpaired) electrons. The Bertz CT molecular complexity index is 1380. The largest absolute Gasteiger partial charge is 0.487 e. The number of fused-ring (bicyclic) bond motifs is 6. The summed E-state index contributed by atoms with van der Waals surface area (Å²) in [6.45, 7) is 4.74. The quantitative estimate of drug-likeness (QED) is 0.455. The molecule has 1 saturated heterocycles. The number of anilines is 1. The second-order valence-electron chi connectivity index (χ2n) is 12.0. The van der Waals surface area contributed by atoms with E-state index in [-0.39, 0.29) is 36.0 Å². The van der Waals surface area contributed by atoms with Crippen LogP contribution in [-0.2, 0) is 32.5 Å². The maximum absolute atomic E-state index is 13.2. The number of carbonyl (C=O) groups excluding carboxylic acids is 1. The molecule has 1 amide bonds. The molecular formula is C31H39ClN2O6S. The van der Waals surface area contributed by atoms with Gasteiger partial charge in [0, 0.05) is 36.0 Å². The predicted octanol–water partition coefficient (Wildman–Crippen LogP) is 4.97. The normalized spacial score (nSPS) is 30.3. The zero-order valence-corrected chi connectivity index (χ0v) is 25.1. The van der Waals surface area contributed by atoms with E-state index in [9.17, 15) is 13.2 Å². The number of hydrogen-bond acceptors (Lipinski definition) is 7. The van der Waals surface area contributed by atoms with Gasteiger partial charge in [-0.15, -0.1) is 0 Å². The van der Waals surface area contributed by atoms with Crippen LogP contribution in [0.3, 0.4) is 0 Å². The molecule has 0 unspecified atom stereocenters. The number of carbonyl (C=O) groups is 1. The molecular weight excluding hydrogens is 564 g/mol. The number of sulfonamides is 1. The number of nitrogens with one attached hydrogen (secondary N) is 1. The third kappa shape index (κ3) is 6.53. The molecule has 5 atom stereocenters. The van der Waals surface area contributed by atoms with Crippen LogP contribution in [0.5, 0.6) is 5.75 Å². The Hall–Kier alpha value is -2.33. The molecule has 2 aromatic rings. The Balaban J connectivity index is 1.35. The molecule has 6 rings (SSSR count). The van der Waals surface area contributed by atoms with Gasteiger partial charge in [-0.25, -0.2) is 13.1 Å². The Morgan fingerprint density at radius 3 is 2.73 bits per heavy atom. The number of hydrogen-bond donors (Lipinski definition) is 1. The maximum atomic E-state index is 13.2. The summed E-state index contributed by atoms with van der Waals surface area (Å²) in [6.07, 6.45) is 5.91. The smallest absolute Gasteiger partial charge is 0.264 e. The van der Waals surface area contributed by atoms with Crippen molar-refractivity contribution in [2.75, 3.05) is 37.0 Å². The highest BCUT2D eigenvalue weighted by molar-refractivity contribution is 7.90. The average molecular weight is 603 g/mol. The Morgan fingerprint density at radius 2 is 1.90 bits per heavy atom. The van der Waals surface area contributed by atoms with Gasteiger partial charge in [-0.1, -0.05) is 24.6 Å². The van der Waals surface area contributed by atoms with Crippen LogP contribution in [0.25, 0.3) is 0 Å². The summed E-state index contributed by atoms with van der Waals surface area (Å²) >= 11 is 6.31.